The zero-order valence-corrected chi connectivity index (χ0v) is 15.4. The molecule has 1 unspecified atom stereocenters. The first kappa shape index (κ1) is 17.1. The van der Waals surface area contributed by atoms with Crippen molar-refractivity contribution >= 4 is 23.4 Å². The molecule has 128 valence electrons. The van der Waals surface area contributed by atoms with Gasteiger partial charge in [-0.1, -0.05) is 54.1 Å². The smallest absolute Gasteiger partial charge is 0.115 e. The quantitative estimate of drug-likeness (QED) is 0.438. The van der Waals surface area contributed by atoms with E-state index >= 15 is 0 Å². The Balaban J connectivity index is 1.84. The Morgan fingerprint density at radius 2 is 1.85 bits per heavy atom. The molecule has 1 aliphatic rings. The van der Waals surface area contributed by atoms with Crippen molar-refractivity contribution in [2.24, 2.45) is 0 Å². The van der Waals surface area contributed by atoms with Gasteiger partial charge in [0.25, 0.3) is 0 Å². The van der Waals surface area contributed by atoms with Crippen molar-refractivity contribution in [3.63, 3.8) is 0 Å². The molecule has 1 aromatic heterocycles. The number of epoxide rings is 1. The number of hydrogen-bond acceptors (Lipinski definition) is 4. The van der Waals surface area contributed by atoms with Crippen LogP contribution in [0.2, 0.25) is 5.02 Å². The summed E-state index contributed by atoms with van der Waals surface area (Å²) in [5.74, 6) is 0.806. The van der Waals surface area contributed by atoms with Gasteiger partial charge in [0.15, 0.2) is 0 Å². The topological polar surface area (TPSA) is 49.2 Å². The van der Waals surface area contributed by atoms with Crippen LogP contribution in [-0.2, 0) is 4.74 Å². The molecule has 2 heterocycles. The van der Waals surface area contributed by atoms with Crippen molar-refractivity contribution in [1.29, 1.82) is 5.26 Å². The number of thioether (sulfide) groups is 1. The second-order valence-corrected chi connectivity index (χ2v) is 7.43. The highest BCUT2D eigenvalue weighted by atomic mass is 35.5. The molecule has 4 rings (SSSR count). The number of benzene rings is 2. The molecule has 3 nitrogen and oxygen atoms in total. The van der Waals surface area contributed by atoms with Gasteiger partial charge in [-0.15, -0.1) is 11.8 Å². The van der Waals surface area contributed by atoms with E-state index in [-0.39, 0.29) is 6.10 Å². The van der Waals surface area contributed by atoms with E-state index in [1.807, 2.05) is 60.7 Å². The third-order valence-corrected chi connectivity index (χ3v) is 5.49. The highest BCUT2D eigenvalue weighted by Crippen LogP contribution is 2.35. The van der Waals surface area contributed by atoms with Gasteiger partial charge in [0.05, 0.1) is 24.0 Å². The summed E-state index contributed by atoms with van der Waals surface area (Å²) in [4.78, 5) is 4.77. The first-order valence-electron chi connectivity index (χ1n) is 8.25. The first-order chi connectivity index (χ1) is 12.7. The van der Waals surface area contributed by atoms with E-state index in [9.17, 15) is 5.26 Å². The Morgan fingerprint density at radius 3 is 2.50 bits per heavy atom. The summed E-state index contributed by atoms with van der Waals surface area (Å²) in [6.45, 7) is 0.789. The summed E-state index contributed by atoms with van der Waals surface area (Å²) in [7, 11) is 0. The largest absolute Gasteiger partial charge is 0.372 e. The number of nitrogens with zero attached hydrogens (tertiary/aromatic N) is 2. The molecule has 0 spiro atoms. The molecule has 0 N–H and O–H groups in total. The first-order valence-corrected chi connectivity index (χ1v) is 9.62. The van der Waals surface area contributed by atoms with Gasteiger partial charge in [-0.2, -0.15) is 5.26 Å². The molecule has 1 fully saturated rings. The summed E-state index contributed by atoms with van der Waals surface area (Å²) in [6.07, 6.45) is 0.271. The predicted molar refractivity (Wildman–Crippen MR) is 105 cm³/mol. The summed E-state index contributed by atoms with van der Waals surface area (Å²) in [5, 5.41) is 11.2. The number of ether oxygens (including phenoxy) is 1. The number of pyridine rings is 1. The minimum Gasteiger partial charge on any atom is -0.372 e. The highest BCUT2D eigenvalue weighted by molar-refractivity contribution is 7.99. The van der Waals surface area contributed by atoms with Crippen molar-refractivity contribution in [2.45, 2.75) is 11.1 Å². The van der Waals surface area contributed by atoms with Crippen LogP contribution in [0.15, 0.2) is 65.7 Å². The van der Waals surface area contributed by atoms with E-state index < -0.39 is 0 Å². The van der Waals surface area contributed by atoms with Crippen LogP contribution in [0.4, 0.5) is 0 Å². The molecule has 0 saturated carbocycles. The van der Waals surface area contributed by atoms with E-state index in [0.29, 0.717) is 10.6 Å². The second-order valence-electron chi connectivity index (χ2n) is 5.99. The van der Waals surface area contributed by atoms with Gasteiger partial charge in [0, 0.05) is 21.9 Å². The van der Waals surface area contributed by atoms with Crippen LogP contribution >= 0.6 is 23.4 Å². The number of halogens is 1. The molecule has 0 radical (unpaired) electrons. The third-order valence-electron chi connectivity index (χ3n) is 4.13. The normalized spacial score (nSPS) is 15.5. The van der Waals surface area contributed by atoms with Gasteiger partial charge >= 0.3 is 0 Å². The predicted octanol–water partition coefficient (Wildman–Crippen LogP) is 5.43. The Bertz CT molecular complexity index is 964. The van der Waals surface area contributed by atoms with Crippen molar-refractivity contribution in [1.82, 2.24) is 4.98 Å². The fourth-order valence-electron chi connectivity index (χ4n) is 2.68. The van der Waals surface area contributed by atoms with Crippen LogP contribution in [0.5, 0.6) is 0 Å². The lowest BCUT2D eigenvalue weighted by atomic mass is 9.99. The molecule has 1 aliphatic heterocycles. The lowest BCUT2D eigenvalue weighted by Crippen LogP contribution is -1.98. The van der Waals surface area contributed by atoms with Crippen LogP contribution in [-0.4, -0.2) is 23.4 Å². The Labute approximate surface area is 161 Å². The molecule has 2 aromatic carbocycles. The zero-order valence-electron chi connectivity index (χ0n) is 13.9. The van der Waals surface area contributed by atoms with Crippen molar-refractivity contribution in [2.75, 3.05) is 12.4 Å². The van der Waals surface area contributed by atoms with Crippen LogP contribution in [0, 0.1) is 11.3 Å². The van der Waals surface area contributed by atoms with Gasteiger partial charge in [-0.3, -0.25) is 0 Å². The molecule has 1 saturated heterocycles. The van der Waals surface area contributed by atoms with Crippen LogP contribution < -0.4 is 0 Å². The molecule has 0 aliphatic carbocycles. The summed E-state index contributed by atoms with van der Waals surface area (Å²) in [5.41, 5.74) is 4.32. The van der Waals surface area contributed by atoms with Gasteiger partial charge in [-0.25, -0.2) is 4.98 Å². The lowest BCUT2D eigenvalue weighted by Gasteiger charge is -2.12. The molecule has 0 amide bonds. The molecular formula is C21H15ClN2OS. The number of nitriles is 1. The maximum atomic E-state index is 9.79. The van der Waals surface area contributed by atoms with Crippen molar-refractivity contribution in [3.05, 3.63) is 71.2 Å². The van der Waals surface area contributed by atoms with E-state index in [1.54, 1.807) is 11.8 Å². The highest BCUT2D eigenvalue weighted by Gasteiger charge is 2.24. The average molecular weight is 379 g/mol. The second kappa shape index (κ2) is 7.51. The minimum atomic E-state index is 0.271. The SMILES string of the molecule is N#Cc1c(-c2ccccc2)cc(-c2ccc(Cl)cc2)nc1SCC1CO1. The van der Waals surface area contributed by atoms with Crippen molar-refractivity contribution < 1.29 is 4.74 Å². The molecule has 3 aromatic rings. The van der Waals surface area contributed by atoms with E-state index in [4.69, 9.17) is 21.3 Å². The zero-order chi connectivity index (χ0) is 17.9. The Hall–Kier alpha value is -2.32. The Morgan fingerprint density at radius 1 is 1.12 bits per heavy atom. The van der Waals surface area contributed by atoms with Crippen molar-refractivity contribution in [3.8, 4) is 28.5 Å². The summed E-state index contributed by atoms with van der Waals surface area (Å²) < 4.78 is 5.30. The van der Waals surface area contributed by atoms with E-state index in [0.717, 1.165) is 39.8 Å². The minimum absolute atomic E-state index is 0.271. The molecule has 5 heteroatoms. The molecule has 1 atom stereocenters. The standard InChI is InChI=1S/C21H15ClN2OS/c22-16-8-6-15(7-9-16)20-10-18(14-4-2-1-3-5-14)19(11-23)21(24-20)26-13-17-12-25-17/h1-10,17H,12-13H2. The van der Waals surface area contributed by atoms with E-state index in [1.165, 1.54) is 0 Å². The summed E-state index contributed by atoms with van der Waals surface area (Å²) >= 11 is 7.59. The number of hydrogen-bond donors (Lipinski definition) is 0. The van der Waals surface area contributed by atoms with Gasteiger partial charge in [-0.05, 0) is 23.8 Å². The maximum Gasteiger partial charge on any atom is 0.115 e. The van der Waals surface area contributed by atoms with E-state index in [2.05, 4.69) is 6.07 Å². The van der Waals surface area contributed by atoms with Crippen LogP contribution in [0.25, 0.3) is 22.4 Å². The van der Waals surface area contributed by atoms with Gasteiger partial charge < -0.3 is 4.74 Å². The fraction of sp³-hybridized carbons (Fsp3) is 0.143. The van der Waals surface area contributed by atoms with Gasteiger partial charge in [0.2, 0.25) is 0 Å². The molecule has 26 heavy (non-hydrogen) atoms. The molecular weight excluding hydrogens is 364 g/mol. The average Bonchev–Trinajstić information content (AvgIpc) is 3.51. The lowest BCUT2D eigenvalue weighted by molar-refractivity contribution is 0.426. The molecule has 0 bridgehead atoms. The number of rotatable bonds is 5. The summed E-state index contributed by atoms with van der Waals surface area (Å²) in [6, 6.07) is 21.9. The Kier molecular flexibility index (Phi) is 4.94. The van der Waals surface area contributed by atoms with Crippen LogP contribution in [0.1, 0.15) is 5.56 Å². The third kappa shape index (κ3) is 3.76. The fourth-order valence-corrected chi connectivity index (χ4v) is 3.81. The van der Waals surface area contributed by atoms with Crippen LogP contribution in [0.3, 0.4) is 0 Å². The monoisotopic (exact) mass is 378 g/mol. The number of aromatic nitrogens is 1. The van der Waals surface area contributed by atoms with Gasteiger partial charge in [0.1, 0.15) is 11.1 Å². The maximum absolute atomic E-state index is 9.79.